The number of alkyl halides is 2. The fraction of sp³-hybridized carbons (Fsp3) is 0.315. The van der Waals surface area contributed by atoms with Crippen LogP contribution in [0.5, 0.6) is 0 Å². The maximum Gasteiger partial charge on any atom is 0.244 e. The van der Waals surface area contributed by atoms with E-state index in [1.807, 2.05) is 59.9 Å². The molecule has 0 radical (unpaired) electrons. The van der Waals surface area contributed by atoms with Crippen molar-refractivity contribution in [3.05, 3.63) is 357 Å². The van der Waals surface area contributed by atoms with Crippen LogP contribution >= 0.6 is 31.9 Å². The van der Waals surface area contributed by atoms with Crippen LogP contribution in [-0.2, 0) is 52.0 Å². The molecule has 4 heterocycles. The zero-order chi connectivity index (χ0) is 88.3. The summed E-state index contributed by atoms with van der Waals surface area (Å²) in [6, 6.07) is 73.1. The number of nitrogens with one attached hydrogen (secondary N) is 1. The van der Waals surface area contributed by atoms with Gasteiger partial charge in [-0.1, -0.05) is 380 Å². The van der Waals surface area contributed by atoms with Gasteiger partial charge < -0.3 is 43.5 Å². The van der Waals surface area contributed by atoms with E-state index in [1.165, 1.54) is 158 Å². The van der Waals surface area contributed by atoms with E-state index in [4.69, 9.17) is 0 Å². The number of carbonyl (C=O) groups excluding carboxylic acids is 8. The van der Waals surface area contributed by atoms with Crippen molar-refractivity contribution in [1.29, 1.82) is 0 Å². The van der Waals surface area contributed by atoms with Crippen molar-refractivity contribution in [3.63, 3.8) is 0 Å². The second kappa shape index (κ2) is 49.0. The standard InChI is InChI=1S/2C35H41N2O2.C13H10N2O2.C12H11Br.C11H6N2O2.C2H5Br.2BrH/c2*1-2-3-4-5-6-7-8-9-10-15-23-36-26-37(24-22-27-20-21-28-16-11-12-17-29(28)25-27)33-32(36)34(38)30-18-13-14-19-31(30)35(33)39;1-2-15-7-14-10-11(15)13(17)9-6-4-3-5-8(9)12(10)16;13-8-7-10-5-6-11-3-1-2-4-12(11)9-10;14-10-6-3-1-2-4-7(6)11(15)9-8(10)12-5-13-9;1-2-3;;/h2*11-14,16-21,25-26H,2-10,15,22-24H2,1H3;3-7H,2H2,1H3;1-6,9H,7-8H2;1-5H,(H,12,13);2H2,1H3;2*1H/q2*+1;;;;;;/p-2. The molecule has 0 saturated heterocycles. The molecule has 1 N–H and O–H groups in total. The van der Waals surface area contributed by atoms with E-state index in [0.717, 1.165) is 68.7 Å². The predicted octanol–water partition coefficient (Wildman–Crippen LogP) is 17.8. The van der Waals surface area contributed by atoms with Gasteiger partial charge in [-0.25, -0.2) is 28.2 Å². The molecule has 20 heteroatoms. The molecule has 10 aromatic carbocycles. The molecule has 14 aromatic rings. The minimum atomic E-state index is -0.193. The highest BCUT2D eigenvalue weighted by Crippen LogP contribution is 2.32. The predicted molar refractivity (Wildman–Crippen MR) is 509 cm³/mol. The lowest BCUT2D eigenvalue weighted by Gasteiger charge is -2.14. The first-order chi connectivity index (χ1) is 61.7. The number of unbranched alkanes of at least 4 members (excludes halogenated alkanes) is 18. The molecule has 4 aliphatic carbocycles. The van der Waals surface area contributed by atoms with Gasteiger partial charge in [-0.3, -0.25) is 38.4 Å². The minimum Gasteiger partial charge on any atom is -1.00 e. The zero-order valence-corrected chi connectivity index (χ0v) is 80.1. The number of aromatic amines is 1. The Hall–Kier alpha value is -10.9. The highest BCUT2D eigenvalue weighted by atomic mass is 79.9. The number of hydrogen-bond donors (Lipinski definition) is 1. The third-order valence-electron chi connectivity index (χ3n) is 24.0. The molecule has 0 aliphatic heterocycles. The van der Waals surface area contributed by atoms with Gasteiger partial charge in [-0.05, 0) is 88.0 Å². The van der Waals surface area contributed by atoms with Crippen molar-refractivity contribution >= 4 is 110 Å². The van der Waals surface area contributed by atoms with Gasteiger partial charge in [0.15, 0.2) is 0 Å². The number of H-pyrrole nitrogens is 1. The minimum absolute atomic E-state index is 0. The van der Waals surface area contributed by atoms with Gasteiger partial charge in [0, 0.05) is 74.6 Å². The number of ketones is 8. The molecule has 0 fully saturated rings. The molecular weight excluding hydrogens is 1860 g/mol. The summed E-state index contributed by atoms with van der Waals surface area (Å²) in [5, 5.41) is 9.65. The van der Waals surface area contributed by atoms with Crippen LogP contribution in [-0.4, -0.2) is 85.6 Å². The van der Waals surface area contributed by atoms with Gasteiger partial charge in [0.25, 0.3) is 0 Å². The van der Waals surface area contributed by atoms with Gasteiger partial charge in [-0.2, -0.15) is 0 Å². The number of nitrogens with zero attached hydrogens (tertiary/aromatic N) is 7. The monoisotopic (exact) mass is 1970 g/mol. The third-order valence-corrected chi connectivity index (χ3v) is 24.4. The smallest absolute Gasteiger partial charge is 0.244 e. The lowest BCUT2D eigenvalue weighted by molar-refractivity contribution is -0.698. The Morgan fingerprint density at radius 1 is 0.312 bits per heavy atom. The summed E-state index contributed by atoms with van der Waals surface area (Å²) in [6.07, 6.45) is 35.1. The second-order valence-electron chi connectivity index (χ2n) is 32.7. The van der Waals surface area contributed by atoms with E-state index in [1.54, 1.807) is 83.7 Å². The van der Waals surface area contributed by atoms with Crippen molar-refractivity contribution < 1.29 is 81.5 Å². The fourth-order valence-corrected chi connectivity index (χ4v) is 17.7. The van der Waals surface area contributed by atoms with E-state index >= 15 is 0 Å². The van der Waals surface area contributed by atoms with E-state index < -0.39 is 0 Å². The maximum absolute atomic E-state index is 13.6. The van der Waals surface area contributed by atoms with Crippen LogP contribution < -0.4 is 43.1 Å². The number of halogens is 4. The van der Waals surface area contributed by atoms with Crippen LogP contribution in [0.15, 0.2) is 250 Å². The van der Waals surface area contributed by atoms with E-state index in [-0.39, 0.29) is 91.6 Å². The van der Waals surface area contributed by atoms with Crippen LogP contribution in [0.4, 0.5) is 0 Å². The topological polar surface area (TPSA) is 201 Å². The number of rotatable bonds is 31. The number of imidazole rings is 4. The van der Waals surface area contributed by atoms with Gasteiger partial charge in [0.1, 0.15) is 22.8 Å². The number of hydrogen-bond acceptors (Lipinski definition) is 10. The molecule has 662 valence electrons. The Labute approximate surface area is 789 Å². The van der Waals surface area contributed by atoms with Crippen LogP contribution in [0.1, 0.15) is 301 Å². The molecule has 4 aromatic heterocycles. The molecule has 0 bridgehead atoms. The molecule has 18 rings (SSSR count). The van der Waals surface area contributed by atoms with Crippen molar-refractivity contribution in [2.75, 3.05) is 10.7 Å². The third kappa shape index (κ3) is 23.8. The molecule has 16 nitrogen and oxygen atoms in total. The average molecular weight is 1970 g/mol. The van der Waals surface area contributed by atoms with Gasteiger partial charge in [0.2, 0.25) is 81.7 Å². The molecule has 128 heavy (non-hydrogen) atoms. The van der Waals surface area contributed by atoms with E-state index in [9.17, 15) is 38.4 Å². The Morgan fingerprint density at radius 2 is 0.617 bits per heavy atom. The van der Waals surface area contributed by atoms with Gasteiger partial charge in [0.05, 0.1) is 38.8 Å². The summed E-state index contributed by atoms with van der Waals surface area (Å²) < 4.78 is 9.87. The summed E-state index contributed by atoms with van der Waals surface area (Å²) >= 11 is 6.60. The molecule has 0 amide bonds. The second-order valence-corrected chi connectivity index (χ2v) is 34.6. The number of aryl methyl sites for hydroxylation is 8. The van der Waals surface area contributed by atoms with Crippen molar-refractivity contribution in [1.82, 2.24) is 28.7 Å². The summed E-state index contributed by atoms with van der Waals surface area (Å²) in [4.78, 5) is 113. The summed E-state index contributed by atoms with van der Waals surface area (Å²) in [7, 11) is 0. The van der Waals surface area contributed by atoms with Gasteiger partial charge in [-0.15, -0.1) is 0 Å². The fourth-order valence-electron chi connectivity index (χ4n) is 17.3. The Bertz CT molecular complexity index is 5940. The van der Waals surface area contributed by atoms with Crippen molar-refractivity contribution in [3.8, 4) is 0 Å². The quantitative estimate of drug-likeness (QED) is 0.0248. The van der Waals surface area contributed by atoms with Crippen LogP contribution in [0.2, 0.25) is 0 Å². The molecule has 4 aliphatic rings. The number of fused-ring (bicyclic) bond motifs is 11. The summed E-state index contributed by atoms with van der Waals surface area (Å²) in [6.45, 7) is 12.0. The number of aromatic nitrogens is 8. The van der Waals surface area contributed by atoms with E-state index in [2.05, 4.69) is 197 Å². The first-order valence-corrected chi connectivity index (χ1v) is 47.5. The lowest BCUT2D eigenvalue weighted by atomic mass is 9.90. The molecule has 0 atom stereocenters. The lowest BCUT2D eigenvalue weighted by Crippen LogP contribution is -3.00. The Kier molecular flexibility index (Phi) is 37.4. The summed E-state index contributed by atoms with van der Waals surface area (Å²) in [5.41, 5.74) is 11.2. The van der Waals surface area contributed by atoms with Crippen molar-refractivity contribution in [2.45, 2.75) is 208 Å². The van der Waals surface area contributed by atoms with Crippen LogP contribution in [0, 0.1) is 0 Å². The Balaban J connectivity index is 0.000000164. The highest BCUT2D eigenvalue weighted by Gasteiger charge is 2.43. The zero-order valence-electron chi connectivity index (χ0n) is 73.8. The molecule has 0 unspecified atom stereocenters. The first kappa shape index (κ1) is 97.7. The summed E-state index contributed by atoms with van der Waals surface area (Å²) in [5.74, 6) is -0.786. The molecular formula is C108H114Br4N8O8. The Morgan fingerprint density at radius 3 is 0.977 bits per heavy atom. The van der Waals surface area contributed by atoms with Gasteiger partial charge >= 0.3 is 0 Å². The highest BCUT2D eigenvalue weighted by molar-refractivity contribution is 9.09. The largest absolute Gasteiger partial charge is 1.00 e. The first-order valence-electron chi connectivity index (χ1n) is 45.3. The normalized spacial score (nSPS) is 12.3. The van der Waals surface area contributed by atoms with Crippen LogP contribution in [0.3, 0.4) is 0 Å². The molecule has 0 saturated carbocycles. The van der Waals surface area contributed by atoms with Crippen LogP contribution in [0.25, 0.3) is 32.3 Å². The SMILES string of the molecule is BrCCc1ccc2ccccc2c1.CCBr.CCCCCCCCCCCC[n+]1cn(CCc2ccc3ccccc3c2)c2c1C(=O)c1ccccc1C2=O.CCCCCCCCCCCC[n+]1cn(CCc2ccc3ccccc3c2)c2c1C(=O)c1ccccc1C2=O.CCn1cnc2c1C(=O)c1ccccc1C2=O.O=C1c2ccccc2C(=O)c2[nH]cnc21.[Br-].[Br-]. The average Bonchev–Trinajstić information content (AvgIpc) is 1.61. The van der Waals surface area contributed by atoms with Crippen molar-refractivity contribution in [2.24, 2.45) is 0 Å². The molecule has 0 spiro atoms. The number of benzene rings is 10. The number of carbonyl (C=O) groups is 8. The van der Waals surface area contributed by atoms with E-state index in [0.29, 0.717) is 98.3 Å². The maximum atomic E-state index is 13.6.